The molecule has 0 aromatic heterocycles. The summed E-state index contributed by atoms with van der Waals surface area (Å²) in [6, 6.07) is 15.3. The summed E-state index contributed by atoms with van der Waals surface area (Å²) in [5, 5.41) is 2.82. The van der Waals surface area contributed by atoms with E-state index >= 15 is 0 Å². The largest absolute Gasteiger partial charge is 0.493 e. The molecule has 0 radical (unpaired) electrons. The lowest BCUT2D eigenvalue weighted by Gasteiger charge is -2.27. The number of esters is 1. The molecule has 1 atom stereocenters. The van der Waals surface area contributed by atoms with Crippen LogP contribution in [0, 0.1) is 0 Å². The predicted octanol–water partition coefficient (Wildman–Crippen LogP) is 3.47. The number of rotatable bonds is 5. The van der Waals surface area contributed by atoms with Gasteiger partial charge in [0.25, 0.3) is 0 Å². The first kappa shape index (κ1) is 19.1. The van der Waals surface area contributed by atoms with Gasteiger partial charge in [-0.3, -0.25) is 4.79 Å². The van der Waals surface area contributed by atoms with Gasteiger partial charge in [-0.1, -0.05) is 36.4 Å². The minimum Gasteiger partial charge on any atom is -0.493 e. The predicted molar refractivity (Wildman–Crippen MR) is 106 cm³/mol. The topological polar surface area (TPSA) is 73.9 Å². The average Bonchev–Trinajstić information content (AvgIpc) is 2.94. The van der Waals surface area contributed by atoms with E-state index in [1.54, 1.807) is 27.0 Å². The van der Waals surface area contributed by atoms with Crippen molar-refractivity contribution in [3.05, 3.63) is 70.9 Å². The smallest absolute Gasteiger partial charge is 0.337 e. The van der Waals surface area contributed by atoms with E-state index in [-0.39, 0.29) is 12.3 Å². The Hall–Kier alpha value is -3.28. The molecule has 2 aromatic carbocycles. The molecule has 2 aromatic rings. The third kappa shape index (κ3) is 3.58. The Labute approximate surface area is 169 Å². The van der Waals surface area contributed by atoms with Gasteiger partial charge in [0.1, 0.15) is 12.2 Å². The van der Waals surface area contributed by atoms with E-state index in [4.69, 9.17) is 14.2 Å². The average molecular weight is 393 g/mol. The molecule has 1 unspecified atom stereocenters. The lowest BCUT2D eigenvalue weighted by Crippen LogP contribution is -2.38. The molecule has 4 rings (SSSR count). The van der Waals surface area contributed by atoms with Crippen molar-refractivity contribution in [2.24, 2.45) is 0 Å². The number of nitrogens with one attached hydrogen (secondary N) is 1. The number of benzene rings is 2. The van der Waals surface area contributed by atoms with E-state index in [2.05, 4.69) is 5.32 Å². The third-order valence-corrected chi connectivity index (χ3v) is 5.27. The van der Waals surface area contributed by atoms with Crippen molar-refractivity contribution in [2.75, 3.05) is 7.11 Å². The van der Waals surface area contributed by atoms with E-state index in [0.29, 0.717) is 29.4 Å². The van der Waals surface area contributed by atoms with Gasteiger partial charge in [-0.25, -0.2) is 4.79 Å². The Morgan fingerprint density at radius 1 is 1.10 bits per heavy atom. The summed E-state index contributed by atoms with van der Waals surface area (Å²) in [7, 11) is 1.58. The van der Waals surface area contributed by atoms with Crippen LogP contribution in [-0.2, 0) is 20.9 Å². The van der Waals surface area contributed by atoms with E-state index in [1.807, 2.05) is 42.5 Å². The first-order chi connectivity index (χ1) is 13.9. The van der Waals surface area contributed by atoms with Gasteiger partial charge in [-0.05, 0) is 37.1 Å². The highest BCUT2D eigenvalue weighted by molar-refractivity contribution is 5.99. The summed E-state index contributed by atoms with van der Waals surface area (Å²) in [6.07, 6.45) is 0.175. The van der Waals surface area contributed by atoms with Crippen LogP contribution in [0.1, 0.15) is 37.3 Å². The monoisotopic (exact) mass is 393 g/mol. The van der Waals surface area contributed by atoms with Crippen LogP contribution in [0.15, 0.2) is 59.8 Å². The van der Waals surface area contributed by atoms with Crippen molar-refractivity contribution < 1.29 is 23.8 Å². The molecule has 0 saturated heterocycles. The lowest BCUT2D eigenvalue weighted by molar-refractivity contribution is -0.144. The van der Waals surface area contributed by atoms with E-state index < -0.39 is 17.5 Å². The van der Waals surface area contributed by atoms with Crippen LogP contribution >= 0.6 is 0 Å². The first-order valence-electron chi connectivity index (χ1n) is 9.51. The molecule has 0 bridgehead atoms. The van der Waals surface area contributed by atoms with Gasteiger partial charge in [0, 0.05) is 12.3 Å². The highest BCUT2D eigenvalue weighted by Gasteiger charge is 2.47. The molecule has 6 heteroatoms. The van der Waals surface area contributed by atoms with Gasteiger partial charge in [0.2, 0.25) is 5.91 Å². The van der Waals surface area contributed by atoms with Crippen molar-refractivity contribution in [3.8, 4) is 11.5 Å². The van der Waals surface area contributed by atoms with Crippen LogP contribution in [0.3, 0.4) is 0 Å². The Morgan fingerprint density at radius 3 is 2.59 bits per heavy atom. The second kappa shape index (κ2) is 7.28. The number of cyclic esters (lactones) is 1. The van der Waals surface area contributed by atoms with Crippen LogP contribution in [0.4, 0.5) is 0 Å². The Bertz CT molecular complexity index is 994. The Morgan fingerprint density at radius 2 is 1.86 bits per heavy atom. The van der Waals surface area contributed by atoms with E-state index in [1.165, 1.54) is 0 Å². The van der Waals surface area contributed by atoms with Gasteiger partial charge < -0.3 is 19.5 Å². The number of hydrogen-bond acceptors (Lipinski definition) is 5. The van der Waals surface area contributed by atoms with Crippen molar-refractivity contribution in [3.63, 3.8) is 0 Å². The summed E-state index contributed by atoms with van der Waals surface area (Å²) >= 11 is 0. The summed E-state index contributed by atoms with van der Waals surface area (Å²) in [5.74, 6) is 0.236. The molecule has 2 heterocycles. The maximum absolute atomic E-state index is 12.5. The quantitative estimate of drug-likeness (QED) is 0.788. The van der Waals surface area contributed by atoms with Gasteiger partial charge in [0.05, 0.1) is 18.4 Å². The number of hydrogen-bond donors (Lipinski definition) is 1. The minimum atomic E-state index is -0.847. The zero-order valence-corrected chi connectivity index (χ0v) is 16.7. The van der Waals surface area contributed by atoms with Crippen LogP contribution in [0.25, 0.3) is 0 Å². The fraction of sp³-hybridized carbons (Fsp3) is 0.304. The molecule has 1 amide bonds. The van der Waals surface area contributed by atoms with Crippen molar-refractivity contribution in [2.45, 2.75) is 38.4 Å². The summed E-state index contributed by atoms with van der Waals surface area (Å²) < 4.78 is 16.9. The summed E-state index contributed by atoms with van der Waals surface area (Å²) in [6.45, 7) is 3.94. The molecule has 2 aliphatic heterocycles. The molecule has 0 fully saturated rings. The van der Waals surface area contributed by atoms with Crippen LogP contribution in [0.5, 0.6) is 11.5 Å². The van der Waals surface area contributed by atoms with Gasteiger partial charge in [-0.15, -0.1) is 0 Å². The summed E-state index contributed by atoms with van der Waals surface area (Å²) in [4.78, 5) is 24.9. The highest BCUT2D eigenvalue weighted by Crippen LogP contribution is 2.44. The fourth-order valence-corrected chi connectivity index (χ4v) is 3.82. The number of carbonyl (C=O) groups is 2. The summed E-state index contributed by atoms with van der Waals surface area (Å²) in [5.41, 5.74) is 2.05. The fourth-order valence-electron chi connectivity index (χ4n) is 3.82. The third-order valence-electron chi connectivity index (χ3n) is 5.27. The second-order valence-corrected chi connectivity index (χ2v) is 7.68. The van der Waals surface area contributed by atoms with Crippen molar-refractivity contribution in [1.82, 2.24) is 5.32 Å². The second-order valence-electron chi connectivity index (χ2n) is 7.68. The van der Waals surface area contributed by atoms with Crippen molar-refractivity contribution in [1.29, 1.82) is 0 Å². The molecular weight excluding hydrogens is 370 g/mol. The van der Waals surface area contributed by atoms with Crippen molar-refractivity contribution >= 4 is 11.9 Å². The van der Waals surface area contributed by atoms with Crippen LogP contribution in [0.2, 0.25) is 0 Å². The van der Waals surface area contributed by atoms with E-state index in [0.717, 1.165) is 11.1 Å². The molecular formula is C23H23NO5. The van der Waals surface area contributed by atoms with Gasteiger partial charge >= 0.3 is 5.97 Å². The molecule has 29 heavy (non-hydrogen) atoms. The highest BCUT2D eigenvalue weighted by atomic mass is 16.6. The van der Waals surface area contributed by atoms with Gasteiger partial charge in [-0.2, -0.15) is 0 Å². The standard InChI is InChI=1S/C23H23NO5/c1-23(2)21-20(22(26)29-23)16(12-19(25)24-21)15-9-10-17(27-3)18(11-15)28-13-14-7-5-4-6-8-14/h4-11,16H,12-13H2,1-3H3,(H,24,25). The minimum absolute atomic E-state index is 0.136. The number of methoxy groups -OCH3 is 1. The maximum Gasteiger partial charge on any atom is 0.337 e. The Kier molecular flexibility index (Phi) is 4.78. The molecule has 2 aliphatic rings. The molecule has 6 nitrogen and oxygen atoms in total. The normalized spacial score (nSPS) is 20.0. The molecule has 150 valence electrons. The lowest BCUT2D eigenvalue weighted by atomic mass is 9.82. The van der Waals surface area contributed by atoms with Crippen LogP contribution in [-0.4, -0.2) is 24.6 Å². The maximum atomic E-state index is 12.5. The SMILES string of the molecule is COc1ccc(C2CC(=O)NC3=C2C(=O)OC3(C)C)cc1OCc1ccccc1. The van der Waals surface area contributed by atoms with Crippen LogP contribution < -0.4 is 14.8 Å². The molecule has 0 saturated carbocycles. The first-order valence-corrected chi connectivity index (χ1v) is 9.51. The molecule has 1 N–H and O–H groups in total. The van der Waals surface area contributed by atoms with E-state index in [9.17, 15) is 9.59 Å². The molecule has 0 aliphatic carbocycles. The number of amides is 1. The van der Waals surface area contributed by atoms with Gasteiger partial charge in [0.15, 0.2) is 11.5 Å². The zero-order valence-electron chi connectivity index (χ0n) is 16.7. The number of ether oxygens (including phenoxy) is 3. The zero-order chi connectivity index (χ0) is 20.6. The Balaban J connectivity index is 1.68. The molecule has 0 spiro atoms. The number of carbonyl (C=O) groups excluding carboxylic acids is 2.